The van der Waals surface area contributed by atoms with E-state index in [1.165, 1.54) is 0 Å². The molecule has 2 aromatic carbocycles. The molecule has 0 radical (unpaired) electrons. The predicted molar refractivity (Wildman–Crippen MR) is 73.9 cm³/mol. The maximum Gasteiger partial charge on any atom is 0.157 e. The molecular formula is C14H8ClN3. The molecule has 2 heterocycles. The van der Waals surface area contributed by atoms with Crippen LogP contribution in [0.5, 0.6) is 0 Å². The topological polar surface area (TPSA) is 41.6 Å². The van der Waals surface area contributed by atoms with Crippen molar-refractivity contribution in [2.24, 2.45) is 0 Å². The molecule has 0 saturated carbocycles. The van der Waals surface area contributed by atoms with Gasteiger partial charge in [0.2, 0.25) is 0 Å². The third-order valence-electron chi connectivity index (χ3n) is 3.06. The molecule has 0 aliphatic carbocycles. The Morgan fingerprint density at radius 1 is 0.944 bits per heavy atom. The summed E-state index contributed by atoms with van der Waals surface area (Å²) in [7, 11) is 0. The van der Waals surface area contributed by atoms with E-state index in [9.17, 15) is 0 Å². The number of nitrogens with one attached hydrogen (secondary N) is 1. The molecule has 0 atom stereocenters. The van der Waals surface area contributed by atoms with Gasteiger partial charge in [-0.05, 0) is 24.3 Å². The molecular weight excluding hydrogens is 246 g/mol. The number of benzene rings is 2. The molecule has 0 aliphatic heterocycles. The number of nitrogens with zero attached hydrogens (tertiary/aromatic N) is 2. The van der Waals surface area contributed by atoms with Crippen molar-refractivity contribution in [1.82, 2.24) is 15.0 Å². The van der Waals surface area contributed by atoms with E-state index >= 15 is 0 Å². The van der Waals surface area contributed by atoms with Crippen LogP contribution in [0.25, 0.3) is 33.1 Å². The lowest BCUT2D eigenvalue weighted by Crippen LogP contribution is -1.85. The highest BCUT2D eigenvalue weighted by Gasteiger charge is 2.08. The van der Waals surface area contributed by atoms with Gasteiger partial charge in [0, 0.05) is 15.9 Å². The molecule has 1 N–H and O–H groups in total. The molecule has 0 aliphatic rings. The minimum atomic E-state index is 0.677. The Balaban J connectivity index is 2.24. The summed E-state index contributed by atoms with van der Waals surface area (Å²) in [4.78, 5) is 12.5. The second kappa shape index (κ2) is 3.43. The summed E-state index contributed by atoms with van der Waals surface area (Å²) < 4.78 is 0. The van der Waals surface area contributed by atoms with Gasteiger partial charge in [-0.3, -0.25) is 0 Å². The highest BCUT2D eigenvalue weighted by Crippen LogP contribution is 2.25. The maximum absolute atomic E-state index is 5.99. The summed E-state index contributed by atoms with van der Waals surface area (Å²) in [6.45, 7) is 0. The number of aromatic nitrogens is 3. The van der Waals surface area contributed by atoms with Gasteiger partial charge in [-0.2, -0.15) is 0 Å². The molecule has 0 unspecified atom stereocenters. The SMILES string of the molecule is Clc1ccc2nc3[nH]c4ccccc4c3nc2c1. The molecule has 4 rings (SSSR count). The smallest absolute Gasteiger partial charge is 0.157 e. The van der Waals surface area contributed by atoms with Gasteiger partial charge in [0.25, 0.3) is 0 Å². The highest BCUT2D eigenvalue weighted by atomic mass is 35.5. The van der Waals surface area contributed by atoms with E-state index < -0.39 is 0 Å². The van der Waals surface area contributed by atoms with E-state index in [1.54, 1.807) is 0 Å². The molecule has 18 heavy (non-hydrogen) atoms. The minimum absolute atomic E-state index is 0.677. The quantitative estimate of drug-likeness (QED) is 0.516. The number of halogens is 1. The van der Waals surface area contributed by atoms with Crippen LogP contribution in [-0.4, -0.2) is 15.0 Å². The minimum Gasteiger partial charge on any atom is -0.338 e. The van der Waals surface area contributed by atoms with Crippen molar-refractivity contribution in [3.63, 3.8) is 0 Å². The van der Waals surface area contributed by atoms with Crippen molar-refractivity contribution in [3.8, 4) is 0 Å². The monoisotopic (exact) mass is 253 g/mol. The van der Waals surface area contributed by atoms with Gasteiger partial charge in [0.15, 0.2) is 5.65 Å². The molecule has 0 saturated heterocycles. The van der Waals surface area contributed by atoms with Gasteiger partial charge in [-0.15, -0.1) is 0 Å². The summed E-state index contributed by atoms with van der Waals surface area (Å²) in [6, 6.07) is 13.6. The number of H-pyrrole nitrogens is 1. The van der Waals surface area contributed by atoms with Crippen LogP contribution in [-0.2, 0) is 0 Å². The molecule has 4 heteroatoms. The lowest BCUT2D eigenvalue weighted by Gasteiger charge is -1.97. The van der Waals surface area contributed by atoms with E-state index in [0.29, 0.717) is 5.02 Å². The Bertz CT molecular complexity index is 895. The van der Waals surface area contributed by atoms with E-state index in [1.807, 2.05) is 42.5 Å². The van der Waals surface area contributed by atoms with Crippen molar-refractivity contribution in [1.29, 1.82) is 0 Å². The van der Waals surface area contributed by atoms with Gasteiger partial charge < -0.3 is 4.98 Å². The normalized spacial score (nSPS) is 11.6. The van der Waals surface area contributed by atoms with Gasteiger partial charge in [-0.1, -0.05) is 29.8 Å². The van der Waals surface area contributed by atoms with Crippen molar-refractivity contribution in [2.45, 2.75) is 0 Å². The molecule has 0 fully saturated rings. The summed E-state index contributed by atoms with van der Waals surface area (Å²) >= 11 is 5.99. The van der Waals surface area contributed by atoms with Crippen LogP contribution in [0.4, 0.5) is 0 Å². The van der Waals surface area contributed by atoms with Gasteiger partial charge in [0.05, 0.1) is 11.0 Å². The summed E-state index contributed by atoms with van der Waals surface area (Å²) in [5, 5.41) is 1.76. The number of hydrogen-bond donors (Lipinski definition) is 1. The number of aromatic amines is 1. The average Bonchev–Trinajstić information content (AvgIpc) is 2.74. The molecule has 0 amide bonds. The average molecular weight is 254 g/mol. The number of fused-ring (bicyclic) bond motifs is 4. The molecule has 4 aromatic rings. The highest BCUT2D eigenvalue weighted by molar-refractivity contribution is 6.31. The van der Waals surface area contributed by atoms with Crippen molar-refractivity contribution in [3.05, 3.63) is 47.5 Å². The summed E-state index contributed by atoms with van der Waals surface area (Å²) in [6.07, 6.45) is 0. The summed E-state index contributed by atoms with van der Waals surface area (Å²) in [5.41, 5.74) is 4.42. The van der Waals surface area contributed by atoms with Crippen LogP contribution >= 0.6 is 11.6 Å². The first-order valence-corrected chi connectivity index (χ1v) is 6.03. The number of rotatable bonds is 0. The number of hydrogen-bond acceptors (Lipinski definition) is 2. The van der Waals surface area contributed by atoms with Gasteiger partial charge in [0.1, 0.15) is 5.52 Å². The third kappa shape index (κ3) is 1.31. The van der Waals surface area contributed by atoms with Gasteiger partial charge in [-0.25, -0.2) is 9.97 Å². The van der Waals surface area contributed by atoms with Crippen molar-refractivity contribution in [2.75, 3.05) is 0 Å². The lowest BCUT2D eigenvalue weighted by atomic mass is 10.2. The third-order valence-corrected chi connectivity index (χ3v) is 3.30. The predicted octanol–water partition coefficient (Wildman–Crippen LogP) is 3.92. The lowest BCUT2D eigenvalue weighted by molar-refractivity contribution is 1.36. The molecule has 86 valence electrons. The maximum atomic E-state index is 5.99. The first-order valence-electron chi connectivity index (χ1n) is 5.65. The van der Waals surface area contributed by atoms with Crippen LogP contribution in [0.2, 0.25) is 5.02 Å². The zero-order chi connectivity index (χ0) is 12.1. The molecule has 0 spiro atoms. The fourth-order valence-corrected chi connectivity index (χ4v) is 2.39. The fraction of sp³-hybridized carbons (Fsp3) is 0. The van der Waals surface area contributed by atoms with Crippen LogP contribution in [0.1, 0.15) is 0 Å². The van der Waals surface area contributed by atoms with E-state index in [4.69, 9.17) is 11.6 Å². The summed E-state index contributed by atoms with van der Waals surface area (Å²) in [5.74, 6) is 0. The van der Waals surface area contributed by atoms with E-state index in [0.717, 1.165) is 33.1 Å². The Labute approximate surface area is 107 Å². The first kappa shape index (κ1) is 9.85. The van der Waals surface area contributed by atoms with Crippen LogP contribution < -0.4 is 0 Å². The Kier molecular flexibility index (Phi) is 1.88. The molecule has 0 bridgehead atoms. The van der Waals surface area contributed by atoms with Crippen molar-refractivity contribution < 1.29 is 0 Å². The second-order valence-corrected chi connectivity index (χ2v) is 4.66. The zero-order valence-corrected chi connectivity index (χ0v) is 10.1. The Morgan fingerprint density at radius 2 is 1.83 bits per heavy atom. The van der Waals surface area contributed by atoms with Crippen molar-refractivity contribution >= 4 is 44.7 Å². The number of para-hydroxylation sites is 1. The van der Waals surface area contributed by atoms with Crippen LogP contribution in [0, 0.1) is 0 Å². The van der Waals surface area contributed by atoms with E-state index in [-0.39, 0.29) is 0 Å². The zero-order valence-electron chi connectivity index (χ0n) is 9.31. The largest absolute Gasteiger partial charge is 0.338 e. The molecule has 2 aromatic heterocycles. The Hall–Kier alpha value is -2.13. The first-order chi connectivity index (χ1) is 8.81. The Morgan fingerprint density at radius 3 is 2.78 bits per heavy atom. The van der Waals surface area contributed by atoms with Crippen LogP contribution in [0.3, 0.4) is 0 Å². The van der Waals surface area contributed by atoms with E-state index in [2.05, 4.69) is 15.0 Å². The second-order valence-electron chi connectivity index (χ2n) is 4.22. The fourth-order valence-electron chi connectivity index (χ4n) is 2.23. The standard InChI is InChI=1S/C14H8ClN3/c15-8-5-6-11-12(7-8)16-13-9-3-1-2-4-10(9)17-14(13)18-11/h1-7H,(H,17,18). The molecule has 3 nitrogen and oxygen atoms in total. The van der Waals surface area contributed by atoms with Gasteiger partial charge >= 0.3 is 0 Å². The van der Waals surface area contributed by atoms with Crippen LogP contribution in [0.15, 0.2) is 42.5 Å².